The van der Waals surface area contributed by atoms with Crippen LogP contribution in [-0.4, -0.2) is 31.2 Å². The minimum absolute atomic E-state index is 0.0488. The van der Waals surface area contributed by atoms with Crippen molar-refractivity contribution in [3.05, 3.63) is 0 Å². The van der Waals surface area contributed by atoms with Gasteiger partial charge in [-0.25, -0.2) is 0 Å². The Bertz CT molecular complexity index is 489. The molecule has 0 aromatic rings. The normalized spacial score (nSPS) is 46.3. The summed E-state index contributed by atoms with van der Waals surface area (Å²) < 4.78 is 0. The average Bonchev–Trinajstić information content (AvgIpc) is 2.61. The molecule has 7 N–H and O–H groups in total. The average molecular weight is 379 g/mol. The molecule has 0 aliphatic heterocycles. The lowest BCUT2D eigenvalue weighted by molar-refractivity contribution is -0.134. The molecule has 158 valence electrons. The summed E-state index contributed by atoms with van der Waals surface area (Å²) in [5, 5.41) is 3.62. The van der Waals surface area contributed by atoms with Crippen molar-refractivity contribution in [1.82, 2.24) is 5.32 Å². The second-order valence-electron chi connectivity index (χ2n) is 11.2. The van der Waals surface area contributed by atoms with Crippen LogP contribution >= 0.6 is 0 Å². The summed E-state index contributed by atoms with van der Waals surface area (Å²) in [6.45, 7) is 8.15. The van der Waals surface area contributed by atoms with E-state index in [1.807, 2.05) is 0 Å². The second kappa shape index (κ2) is 7.93. The van der Waals surface area contributed by atoms with E-state index in [1.165, 1.54) is 57.8 Å². The molecule has 0 aromatic heterocycles. The van der Waals surface area contributed by atoms with E-state index in [0.29, 0.717) is 17.9 Å². The van der Waals surface area contributed by atoms with Crippen LogP contribution in [0.2, 0.25) is 0 Å². The van der Waals surface area contributed by atoms with E-state index in [1.54, 1.807) is 0 Å². The monoisotopic (exact) mass is 378 g/mol. The van der Waals surface area contributed by atoms with Crippen LogP contribution in [-0.2, 0) is 0 Å². The van der Waals surface area contributed by atoms with Crippen molar-refractivity contribution in [2.24, 2.45) is 45.8 Å². The number of hydrogen-bond donors (Lipinski definition) is 4. The largest absolute Gasteiger partial charge is 0.328 e. The molecule has 4 atom stereocenters. The molecule has 0 spiro atoms. The van der Waals surface area contributed by atoms with Gasteiger partial charge in [-0.2, -0.15) is 0 Å². The van der Waals surface area contributed by atoms with Gasteiger partial charge in [-0.15, -0.1) is 0 Å². The van der Waals surface area contributed by atoms with Crippen LogP contribution in [0.3, 0.4) is 0 Å². The Hall–Kier alpha value is -0.160. The van der Waals surface area contributed by atoms with E-state index in [0.717, 1.165) is 18.9 Å². The van der Waals surface area contributed by atoms with E-state index in [4.69, 9.17) is 17.2 Å². The number of rotatable bonds is 4. The van der Waals surface area contributed by atoms with Gasteiger partial charge in [-0.1, -0.05) is 46.0 Å². The van der Waals surface area contributed by atoms with Crippen molar-refractivity contribution in [3.63, 3.8) is 0 Å². The summed E-state index contributed by atoms with van der Waals surface area (Å²) in [6.07, 6.45) is 12.8. The highest BCUT2D eigenvalue weighted by Crippen LogP contribution is 2.62. The van der Waals surface area contributed by atoms with Crippen LogP contribution in [0.25, 0.3) is 0 Å². The van der Waals surface area contributed by atoms with Crippen LogP contribution in [0.5, 0.6) is 0 Å². The maximum atomic E-state index is 6.95. The SMILES string of the molecule is CNCC1(C2CCC(N)CC2)CC(C)(N)C(N)C(C)(C)C1C1CCCCC1. The van der Waals surface area contributed by atoms with Gasteiger partial charge >= 0.3 is 0 Å². The Labute approximate surface area is 167 Å². The fourth-order valence-corrected chi connectivity index (χ4v) is 8.00. The summed E-state index contributed by atoms with van der Waals surface area (Å²) in [5.74, 6) is 2.15. The minimum Gasteiger partial charge on any atom is -0.328 e. The molecule has 0 aromatic carbocycles. The lowest BCUT2D eigenvalue weighted by Gasteiger charge is -2.66. The van der Waals surface area contributed by atoms with Crippen molar-refractivity contribution in [3.8, 4) is 0 Å². The van der Waals surface area contributed by atoms with Gasteiger partial charge in [0.15, 0.2) is 0 Å². The van der Waals surface area contributed by atoms with Gasteiger partial charge in [0.2, 0.25) is 0 Å². The first-order valence-corrected chi connectivity index (χ1v) is 11.6. The van der Waals surface area contributed by atoms with Crippen LogP contribution in [0, 0.1) is 28.6 Å². The third kappa shape index (κ3) is 3.84. The molecular weight excluding hydrogens is 332 g/mol. The summed E-state index contributed by atoms with van der Waals surface area (Å²) in [7, 11) is 2.13. The molecule has 3 aliphatic carbocycles. The molecule has 3 fully saturated rings. The standard InChI is InChI=1S/C23H46N4/c1-21(2)19(16-8-6-5-7-9-16)23(15-27-4,14-22(3,26)20(21)25)17-10-12-18(24)13-11-17/h16-20,27H,5-15,24-26H2,1-4H3. The van der Waals surface area contributed by atoms with Crippen molar-refractivity contribution in [2.45, 2.75) is 103 Å². The Balaban J connectivity index is 2.06. The fourth-order valence-electron chi connectivity index (χ4n) is 8.00. The zero-order chi connectivity index (χ0) is 19.9. The van der Waals surface area contributed by atoms with Gasteiger partial charge in [0.1, 0.15) is 0 Å². The summed E-state index contributed by atoms with van der Waals surface area (Å²) in [6, 6.07) is 0.442. The van der Waals surface area contributed by atoms with Gasteiger partial charge < -0.3 is 22.5 Å². The van der Waals surface area contributed by atoms with E-state index in [2.05, 4.69) is 33.1 Å². The molecule has 3 rings (SSSR count). The quantitative estimate of drug-likeness (QED) is 0.603. The first-order valence-electron chi connectivity index (χ1n) is 11.6. The highest BCUT2D eigenvalue weighted by atomic mass is 14.9. The van der Waals surface area contributed by atoms with Gasteiger partial charge in [0, 0.05) is 24.2 Å². The third-order valence-corrected chi connectivity index (χ3v) is 8.86. The van der Waals surface area contributed by atoms with Crippen molar-refractivity contribution < 1.29 is 0 Å². The third-order valence-electron chi connectivity index (χ3n) is 8.86. The maximum absolute atomic E-state index is 6.95. The lowest BCUT2D eigenvalue weighted by atomic mass is 9.41. The predicted octanol–water partition coefficient (Wildman–Crippen LogP) is 3.38. The van der Waals surface area contributed by atoms with Gasteiger partial charge in [0.25, 0.3) is 0 Å². The molecule has 3 aliphatic rings. The number of nitrogens with two attached hydrogens (primary N) is 3. The Kier molecular flexibility index (Phi) is 6.33. The summed E-state index contributed by atoms with van der Waals surface area (Å²) in [4.78, 5) is 0. The zero-order valence-corrected chi connectivity index (χ0v) is 18.4. The Morgan fingerprint density at radius 1 is 0.889 bits per heavy atom. The zero-order valence-electron chi connectivity index (χ0n) is 18.4. The summed E-state index contributed by atoms with van der Waals surface area (Å²) in [5.41, 5.74) is 20.1. The van der Waals surface area contributed by atoms with Crippen molar-refractivity contribution in [1.29, 1.82) is 0 Å². The van der Waals surface area contributed by atoms with Crippen molar-refractivity contribution >= 4 is 0 Å². The molecule has 0 bridgehead atoms. The van der Waals surface area contributed by atoms with E-state index < -0.39 is 0 Å². The van der Waals surface area contributed by atoms with Crippen molar-refractivity contribution in [2.75, 3.05) is 13.6 Å². The van der Waals surface area contributed by atoms with Crippen LogP contribution in [0.1, 0.15) is 85.0 Å². The topological polar surface area (TPSA) is 90.1 Å². The smallest absolute Gasteiger partial charge is 0.0290 e. The van der Waals surface area contributed by atoms with Gasteiger partial charge in [-0.05, 0) is 74.7 Å². The highest BCUT2D eigenvalue weighted by Gasteiger charge is 2.62. The first-order chi connectivity index (χ1) is 12.6. The molecule has 3 saturated carbocycles. The number of hydrogen-bond acceptors (Lipinski definition) is 4. The van der Waals surface area contributed by atoms with Gasteiger partial charge in [0.05, 0.1) is 0 Å². The highest BCUT2D eigenvalue weighted by molar-refractivity contribution is 5.16. The molecule has 0 amide bonds. The summed E-state index contributed by atoms with van der Waals surface area (Å²) >= 11 is 0. The second-order valence-corrected chi connectivity index (χ2v) is 11.2. The molecule has 4 nitrogen and oxygen atoms in total. The Morgan fingerprint density at radius 3 is 2.04 bits per heavy atom. The number of nitrogens with one attached hydrogen (secondary N) is 1. The van der Waals surface area contributed by atoms with E-state index in [9.17, 15) is 0 Å². The molecule has 0 saturated heterocycles. The molecule has 27 heavy (non-hydrogen) atoms. The maximum Gasteiger partial charge on any atom is 0.0290 e. The van der Waals surface area contributed by atoms with E-state index in [-0.39, 0.29) is 22.4 Å². The van der Waals surface area contributed by atoms with Gasteiger partial charge in [-0.3, -0.25) is 0 Å². The fraction of sp³-hybridized carbons (Fsp3) is 1.00. The van der Waals surface area contributed by atoms with E-state index >= 15 is 0 Å². The molecule has 4 heteroatoms. The molecular formula is C23H46N4. The molecule has 4 unspecified atom stereocenters. The van der Waals surface area contributed by atoms with Crippen LogP contribution < -0.4 is 22.5 Å². The van der Waals surface area contributed by atoms with Crippen LogP contribution in [0.4, 0.5) is 0 Å². The molecule has 0 heterocycles. The Morgan fingerprint density at radius 2 is 1.48 bits per heavy atom. The van der Waals surface area contributed by atoms with Crippen LogP contribution in [0.15, 0.2) is 0 Å². The predicted molar refractivity (Wildman–Crippen MR) is 115 cm³/mol. The first kappa shape index (κ1) is 21.5. The minimum atomic E-state index is -0.314. The lowest BCUT2D eigenvalue weighted by Crippen LogP contribution is -2.73. The molecule has 0 radical (unpaired) electrons.